The number of fused-ring (bicyclic) bond motifs is 1. The Kier molecular flexibility index (Phi) is 3.13. The summed E-state index contributed by atoms with van der Waals surface area (Å²) >= 11 is 0. The fraction of sp³-hybridized carbons (Fsp3) is 0.250. The first-order valence-electron chi connectivity index (χ1n) is 6.26. The topological polar surface area (TPSA) is 108 Å². The summed E-state index contributed by atoms with van der Waals surface area (Å²) in [5.41, 5.74) is 1.60. The van der Waals surface area contributed by atoms with Gasteiger partial charge < -0.3 is 4.90 Å². The maximum Gasteiger partial charge on any atom is 0.264 e. The number of hydrogen-bond acceptors (Lipinski definition) is 5. The standard InChI is InChI=1S/C12H13N5O3S/c1-8(18)17-5-4-9-2-3-10(6-11(9)17)21(19,20)16-12-13-7-14-15-12/h2-3,6-7H,4-5H2,1H3,(H2,13,14,15,16). The first-order valence-corrected chi connectivity index (χ1v) is 7.75. The molecule has 0 saturated heterocycles. The molecule has 1 aromatic heterocycles. The van der Waals surface area contributed by atoms with Crippen molar-refractivity contribution >= 4 is 27.6 Å². The molecule has 0 atom stereocenters. The molecule has 1 amide bonds. The smallest absolute Gasteiger partial charge is 0.264 e. The Morgan fingerprint density at radius 1 is 1.43 bits per heavy atom. The van der Waals surface area contributed by atoms with Crippen LogP contribution in [0.5, 0.6) is 0 Å². The SMILES string of the molecule is CC(=O)N1CCc2ccc(S(=O)(=O)Nc3ncn[nH]3)cc21. The van der Waals surface area contributed by atoms with Crippen LogP contribution in [0.1, 0.15) is 12.5 Å². The zero-order valence-electron chi connectivity index (χ0n) is 11.2. The molecule has 0 bridgehead atoms. The van der Waals surface area contributed by atoms with Crippen molar-refractivity contribution in [3.8, 4) is 0 Å². The van der Waals surface area contributed by atoms with Crippen molar-refractivity contribution in [2.75, 3.05) is 16.2 Å². The third-order valence-electron chi connectivity index (χ3n) is 3.29. The van der Waals surface area contributed by atoms with Crippen LogP contribution in [0.15, 0.2) is 29.4 Å². The first-order chi connectivity index (χ1) is 9.97. The molecular weight excluding hydrogens is 294 g/mol. The summed E-state index contributed by atoms with van der Waals surface area (Å²) in [6.45, 7) is 2.03. The number of H-pyrrole nitrogens is 1. The Morgan fingerprint density at radius 3 is 2.90 bits per heavy atom. The maximum atomic E-state index is 12.3. The molecule has 1 aliphatic heterocycles. The van der Waals surface area contributed by atoms with Crippen LogP contribution in [0.25, 0.3) is 0 Å². The van der Waals surface area contributed by atoms with Crippen LogP contribution in [0.3, 0.4) is 0 Å². The number of aromatic amines is 1. The summed E-state index contributed by atoms with van der Waals surface area (Å²) in [6, 6.07) is 4.75. The van der Waals surface area contributed by atoms with E-state index in [1.807, 2.05) is 0 Å². The molecule has 1 aliphatic rings. The number of amides is 1. The van der Waals surface area contributed by atoms with Gasteiger partial charge in [0, 0.05) is 19.2 Å². The van der Waals surface area contributed by atoms with Crippen LogP contribution in [-0.2, 0) is 21.2 Å². The summed E-state index contributed by atoms with van der Waals surface area (Å²) in [7, 11) is -3.78. The molecular formula is C12H13N5O3S. The minimum absolute atomic E-state index is 0.0407. The van der Waals surface area contributed by atoms with E-state index in [0.717, 1.165) is 12.0 Å². The number of rotatable bonds is 3. The van der Waals surface area contributed by atoms with Gasteiger partial charge in [0.1, 0.15) is 6.33 Å². The van der Waals surface area contributed by atoms with Gasteiger partial charge in [0.2, 0.25) is 11.9 Å². The fourth-order valence-electron chi connectivity index (χ4n) is 2.29. The van der Waals surface area contributed by atoms with Crippen LogP contribution in [0, 0.1) is 0 Å². The molecule has 0 fully saturated rings. The van der Waals surface area contributed by atoms with Gasteiger partial charge in [-0.15, -0.1) is 0 Å². The molecule has 8 nitrogen and oxygen atoms in total. The number of anilines is 2. The second-order valence-electron chi connectivity index (χ2n) is 4.65. The van der Waals surface area contributed by atoms with E-state index in [4.69, 9.17) is 0 Å². The molecule has 3 rings (SSSR count). The van der Waals surface area contributed by atoms with Crippen molar-refractivity contribution in [2.24, 2.45) is 0 Å². The van der Waals surface area contributed by atoms with Crippen molar-refractivity contribution in [1.29, 1.82) is 0 Å². The van der Waals surface area contributed by atoms with E-state index >= 15 is 0 Å². The molecule has 2 N–H and O–H groups in total. The lowest BCUT2D eigenvalue weighted by molar-refractivity contribution is -0.116. The van der Waals surface area contributed by atoms with Gasteiger partial charge in [-0.05, 0) is 24.1 Å². The van der Waals surface area contributed by atoms with E-state index in [1.54, 1.807) is 11.0 Å². The van der Waals surface area contributed by atoms with Gasteiger partial charge in [0.15, 0.2) is 0 Å². The Balaban J connectivity index is 1.97. The summed E-state index contributed by atoms with van der Waals surface area (Å²) < 4.78 is 26.8. The van der Waals surface area contributed by atoms with Crippen molar-refractivity contribution in [2.45, 2.75) is 18.2 Å². The minimum atomic E-state index is -3.78. The van der Waals surface area contributed by atoms with Gasteiger partial charge in [0.05, 0.1) is 4.90 Å². The summed E-state index contributed by atoms with van der Waals surface area (Å²) in [6.07, 6.45) is 1.93. The highest BCUT2D eigenvalue weighted by Crippen LogP contribution is 2.30. The number of nitrogens with zero attached hydrogens (tertiary/aromatic N) is 3. The Bertz CT molecular complexity index is 785. The Morgan fingerprint density at radius 2 is 2.24 bits per heavy atom. The molecule has 1 aromatic carbocycles. The zero-order valence-corrected chi connectivity index (χ0v) is 12.0. The molecule has 0 radical (unpaired) electrons. The van der Waals surface area contributed by atoms with E-state index in [2.05, 4.69) is 19.9 Å². The zero-order chi connectivity index (χ0) is 15.0. The van der Waals surface area contributed by atoms with E-state index < -0.39 is 10.0 Å². The van der Waals surface area contributed by atoms with Gasteiger partial charge >= 0.3 is 0 Å². The van der Waals surface area contributed by atoms with Gasteiger partial charge in [-0.1, -0.05) is 6.07 Å². The monoisotopic (exact) mass is 307 g/mol. The first kappa shape index (κ1) is 13.6. The third-order valence-corrected chi connectivity index (χ3v) is 4.63. The number of nitrogens with one attached hydrogen (secondary N) is 2. The van der Waals surface area contributed by atoms with Crippen LogP contribution in [0.4, 0.5) is 11.6 Å². The molecule has 2 heterocycles. The number of carbonyl (C=O) groups is 1. The van der Waals surface area contributed by atoms with E-state index in [9.17, 15) is 13.2 Å². The molecule has 0 unspecified atom stereocenters. The van der Waals surface area contributed by atoms with Crippen molar-refractivity contribution < 1.29 is 13.2 Å². The minimum Gasteiger partial charge on any atom is -0.312 e. The second kappa shape index (κ2) is 4.85. The highest BCUT2D eigenvalue weighted by atomic mass is 32.2. The van der Waals surface area contributed by atoms with Crippen molar-refractivity contribution in [1.82, 2.24) is 15.2 Å². The molecule has 9 heteroatoms. The summed E-state index contributed by atoms with van der Waals surface area (Å²) in [4.78, 5) is 16.9. The lowest BCUT2D eigenvalue weighted by Crippen LogP contribution is -2.26. The number of sulfonamides is 1. The normalized spacial score (nSPS) is 14.0. The third kappa shape index (κ3) is 2.47. The number of carbonyl (C=O) groups excluding carboxylic acids is 1. The second-order valence-corrected chi connectivity index (χ2v) is 6.33. The predicted molar refractivity (Wildman–Crippen MR) is 75.4 cm³/mol. The van der Waals surface area contributed by atoms with Gasteiger partial charge in [-0.3, -0.25) is 4.79 Å². The number of hydrogen-bond donors (Lipinski definition) is 2. The van der Waals surface area contributed by atoms with Gasteiger partial charge in [0.25, 0.3) is 10.0 Å². The molecule has 21 heavy (non-hydrogen) atoms. The molecule has 110 valence electrons. The number of aromatic nitrogens is 3. The predicted octanol–water partition coefficient (Wildman–Crippen LogP) is 0.514. The average Bonchev–Trinajstić information content (AvgIpc) is 3.05. The van der Waals surface area contributed by atoms with E-state index in [1.165, 1.54) is 25.4 Å². The Labute approximate surface area is 121 Å². The largest absolute Gasteiger partial charge is 0.312 e. The summed E-state index contributed by atoms with van der Waals surface area (Å²) in [5, 5.41) is 6.00. The lowest BCUT2D eigenvalue weighted by atomic mass is 10.2. The molecule has 0 saturated carbocycles. The quantitative estimate of drug-likeness (QED) is 0.859. The molecule has 2 aromatic rings. The highest BCUT2D eigenvalue weighted by Gasteiger charge is 2.25. The summed E-state index contributed by atoms with van der Waals surface area (Å²) in [5.74, 6) is -0.0644. The van der Waals surface area contributed by atoms with Crippen molar-refractivity contribution in [3.05, 3.63) is 30.1 Å². The fourth-order valence-corrected chi connectivity index (χ4v) is 3.28. The van der Waals surface area contributed by atoms with Crippen molar-refractivity contribution in [3.63, 3.8) is 0 Å². The van der Waals surface area contributed by atoms with Crippen LogP contribution >= 0.6 is 0 Å². The molecule has 0 spiro atoms. The van der Waals surface area contributed by atoms with Crippen LogP contribution in [0.2, 0.25) is 0 Å². The van der Waals surface area contributed by atoms with E-state index in [-0.39, 0.29) is 16.8 Å². The van der Waals surface area contributed by atoms with Gasteiger partial charge in [-0.2, -0.15) is 10.1 Å². The lowest BCUT2D eigenvalue weighted by Gasteiger charge is -2.15. The van der Waals surface area contributed by atoms with Crippen LogP contribution in [-0.4, -0.2) is 36.1 Å². The molecule has 0 aliphatic carbocycles. The van der Waals surface area contributed by atoms with E-state index in [0.29, 0.717) is 12.2 Å². The van der Waals surface area contributed by atoms with Crippen LogP contribution < -0.4 is 9.62 Å². The Hall–Kier alpha value is -2.42. The average molecular weight is 307 g/mol. The number of benzene rings is 1. The van der Waals surface area contributed by atoms with Gasteiger partial charge in [-0.25, -0.2) is 18.2 Å². The maximum absolute atomic E-state index is 12.3. The highest BCUT2D eigenvalue weighted by molar-refractivity contribution is 7.92.